The van der Waals surface area contributed by atoms with Crippen molar-refractivity contribution >= 4 is 148 Å². The number of carbonyl (C=O) groups is 2. The van der Waals surface area contributed by atoms with Crippen molar-refractivity contribution < 1.29 is 49.7 Å². The summed E-state index contributed by atoms with van der Waals surface area (Å²) in [5.74, 6) is -4.64. The lowest BCUT2D eigenvalue weighted by Gasteiger charge is -2.23. The van der Waals surface area contributed by atoms with Gasteiger partial charge in [0.05, 0.1) is 78.6 Å². The zero-order valence-corrected chi connectivity index (χ0v) is 63.4. The molecule has 18 heteroatoms. The van der Waals surface area contributed by atoms with Crippen LogP contribution in [0.5, 0.6) is 23.0 Å². The number of hydrogen-bond donors (Lipinski definition) is 8. The van der Waals surface area contributed by atoms with Crippen LogP contribution in [0, 0.1) is 10.8 Å². The van der Waals surface area contributed by atoms with Crippen LogP contribution in [0.1, 0.15) is 86.6 Å². The third-order valence-corrected chi connectivity index (χ3v) is 21.5. The smallest absolute Gasteiger partial charge is 0.316 e. The van der Waals surface area contributed by atoms with Gasteiger partial charge in [0.15, 0.2) is 11.5 Å². The predicted octanol–water partition coefficient (Wildman–Crippen LogP) is 23.8. The molecule has 0 aliphatic carbocycles. The topological polar surface area (TPSA) is 281 Å². The van der Waals surface area contributed by atoms with Crippen LogP contribution in [-0.2, 0) is 9.59 Å². The number of phenols is 2. The highest BCUT2D eigenvalue weighted by Crippen LogP contribution is 2.54. The van der Waals surface area contributed by atoms with Gasteiger partial charge in [0.25, 0.3) is 0 Å². The minimum atomic E-state index is -1.10. The standard InChI is InChI=1S/C98H70N8O10/c1-97(2,3)95(113)115-89-65-49-53-25-9-13-29-57(53)85(89)83-55-27-11-7-23-51(55)47-63(87(83)107)91(109)103-67-35-19-15-31-59(67)79-71-39-43-75(99-71)81(61-33-17-21-37-69(61)105-93(65)111)77-45-41-73(101-77)80-60-32-16-20-36-68(60)104-92(110)64-48-52-24-8-12-28-56(52)84(88(64)108)86-58-30-14-10-26-54(58)50-66(90(86)116-96(114)98(4,5)6)94(112)106-70-38-22-18-34-62(70)82(76-44-40-72(80)100-76)78-46-42-74(79)102-78/h7-50,101-102,107-108H,1-6H3,(H,103,109)(H,104,110)(H,105,111)(H,106,112). The normalized spacial score (nSPS) is 13.2. The number of aromatic nitrogens is 4. The number of phenolic OH excluding ortho intramolecular Hbond substituents is 2. The van der Waals surface area contributed by atoms with Crippen molar-refractivity contribution in [2.75, 3.05) is 0 Å². The number of benzene rings is 12. The number of nitrogens with zero attached hydrogens (tertiary/aromatic N) is 6. The summed E-state index contributed by atoms with van der Waals surface area (Å²) in [4.78, 5) is 68.9. The fourth-order valence-corrected chi connectivity index (χ4v) is 15.9. The number of H-pyrrole nitrogens is 2. The first-order chi connectivity index (χ1) is 56.1. The Balaban J connectivity index is 0.979. The Morgan fingerprint density at radius 1 is 0.284 bits per heavy atom. The third kappa shape index (κ3) is 12.0. The molecule has 0 saturated heterocycles. The van der Waals surface area contributed by atoms with E-state index in [9.17, 15) is 40.2 Å². The number of nitrogens with one attached hydrogen (secondary N) is 2. The number of aliphatic imine (C=N–C) groups is 4. The Morgan fingerprint density at radius 2 is 0.526 bits per heavy atom. The molecule has 562 valence electrons. The van der Waals surface area contributed by atoms with Crippen LogP contribution in [0.25, 0.3) is 156 Å². The molecule has 4 aliphatic heterocycles. The minimum absolute atomic E-state index is 0.00221. The molecule has 0 saturated carbocycles. The number of esters is 2. The van der Waals surface area contributed by atoms with Gasteiger partial charge in [0.1, 0.15) is 11.5 Å². The molecule has 0 atom stereocenters. The molecule has 4 aliphatic rings. The number of aliphatic hydroxyl groups is 4. The van der Waals surface area contributed by atoms with E-state index in [1.165, 1.54) is 0 Å². The highest BCUT2D eigenvalue weighted by atomic mass is 16.5. The van der Waals surface area contributed by atoms with Crippen molar-refractivity contribution in [2.45, 2.75) is 41.5 Å². The summed E-state index contributed by atoms with van der Waals surface area (Å²) in [7, 11) is 0. The van der Waals surface area contributed by atoms with Gasteiger partial charge < -0.3 is 50.1 Å². The maximum absolute atomic E-state index is 14.7. The van der Waals surface area contributed by atoms with Crippen molar-refractivity contribution in [3.8, 4) is 89.8 Å². The molecule has 12 aromatic carbocycles. The number of hydrogen-bond acceptors (Lipinski definition) is 12. The number of rotatable bonds is 2. The number of ether oxygens (including phenoxy) is 2. The van der Waals surface area contributed by atoms with Gasteiger partial charge >= 0.3 is 11.9 Å². The summed E-state index contributed by atoms with van der Waals surface area (Å²) in [6.07, 6.45) is 7.56. The van der Waals surface area contributed by atoms with Crippen LogP contribution in [0.3, 0.4) is 0 Å². The van der Waals surface area contributed by atoms with Crippen molar-refractivity contribution in [2.24, 2.45) is 30.8 Å². The average molecular weight is 1520 g/mol. The van der Waals surface area contributed by atoms with E-state index in [-0.39, 0.29) is 78.8 Å². The molecule has 0 spiro atoms. The summed E-state index contributed by atoms with van der Waals surface area (Å²) in [5.41, 5.74) is 7.17. The van der Waals surface area contributed by atoms with E-state index in [1.807, 2.05) is 194 Å². The zero-order valence-electron chi connectivity index (χ0n) is 63.4. The molecule has 0 fully saturated rings. The Bertz CT molecular complexity index is 6810. The summed E-state index contributed by atoms with van der Waals surface area (Å²) in [5, 5.41) is 83.7. The van der Waals surface area contributed by atoms with Gasteiger partial charge in [-0.3, -0.25) is 9.59 Å². The van der Waals surface area contributed by atoms with Gasteiger partial charge in [-0.25, -0.2) is 29.9 Å². The van der Waals surface area contributed by atoms with Crippen molar-refractivity contribution in [1.29, 1.82) is 0 Å². The zero-order chi connectivity index (χ0) is 79.7. The van der Waals surface area contributed by atoms with E-state index < -0.39 is 57.9 Å². The molecule has 18 nitrogen and oxygen atoms in total. The van der Waals surface area contributed by atoms with Crippen molar-refractivity contribution in [3.05, 3.63) is 288 Å². The molecule has 0 unspecified atom stereocenters. The first-order valence-electron chi connectivity index (χ1n) is 37.8. The van der Waals surface area contributed by atoms with Gasteiger partial charge in [-0.1, -0.05) is 170 Å². The number of aliphatic hydroxyl groups excluding tert-OH is 4. The second-order valence-corrected chi connectivity index (χ2v) is 31.0. The van der Waals surface area contributed by atoms with Gasteiger partial charge in [-0.05, 0) is 182 Å². The van der Waals surface area contributed by atoms with Crippen LogP contribution in [0.15, 0.2) is 263 Å². The lowest BCUT2D eigenvalue weighted by Crippen LogP contribution is -2.26. The Morgan fingerprint density at radius 3 is 0.810 bits per heavy atom. The van der Waals surface area contributed by atoms with E-state index in [0.29, 0.717) is 132 Å². The van der Waals surface area contributed by atoms with Crippen LogP contribution in [-0.4, -0.2) is 86.1 Å². The summed E-state index contributed by atoms with van der Waals surface area (Å²) >= 11 is 0. The van der Waals surface area contributed by atoms with Crippen LogP contribution in [0.4, 0.5) is 22.7 Å². The molecule has 0 amide bonds. The van der Waals surface area contributed by atoms with E-state index in [0.717, 1.165) is 0 Å². The first kappa shape index (κ1) is 71.0. The van der Waals surface area contributed by atoms with Crippen LogP contribution >= 0.6 is 0 Å². The highest BCUT2D eigenvalue weighted by molar-refractivity contribution is 6.20. The SMILES string of the molecule is CC(C)(C)C(=O)Oc1c2cc3ccccc3c1-c1c(O)c(cc3ccccc13)C(O)=Nc1ccccc1-c1c3nc(c(c4ccc([nH]4)c4c5nc(c(c6ccc1[nH]6)-c1ccccc1N=C(O)c1cc6ccccc6c(c1OC(=O)C(C)(C)C)-c1c(O)c(cc6ccccc16)C(O)=Nc1ccccc1-4)C=C5)-c1ccccc1N=C2O)C=C3. The number of fused-ring (bicyclic) bond motifs is 34. The predicted molar refractivity (Wildman–Crippen MR) is 463 cm³/mol. The third-order valence-electron chi connectivity index (χ3n) is 21.5. The Hall–Kier alpha value is -15.3. The summed E-state index contributed by atoms with van der Waals surface area (Å²) < 4.78 is 13.3. The lowest BCUT2D eigenvalue weighted by molar-refractivity contribution is -0.143. The largest absolute Gasteiger partial charge is 0.506 e. The number of aromatic hydroxyl groups is 2. The van der Waals surface area contributed by atoms with Gasteiger partial charge in [-0.2, -0.15) is 0 Å². The minimum Gasteiger partial charge on any atom is -0.506 e. The quantitative estimate of drug-likeness (QED) is 0.0593. The second kappa shape index (κ2) is 27.3. The molecular formula is C98H70N8O10. The van der Waals surface area contributed by atoms with Crippen LogP contribution in [0.2, 0.25) is 0 Å². The van der Waals surface area contributed by atoms with E-state index >= 15 is 0 Å². The van der Waals surface area contributed by atoms with Crippen LogP contribution < -0.4 is 9.47 Å². The molecule has 7 heterocycles. The molecule has 116 heavy (non-hydrogen) atoms. The monoisotopic (exact) mass is 1520 g/mol. The number of para-hydroxylation sites is 4. The first-order valence-corrected chi connectivity index (χ1v) is 37.8. The summed E-state index contributed by atoms with van der Waals surface area (Å²) in [6, 6.07) is 72.9. The fourth-order valence-electron chi connectivity index (χ4n) is 15.9. The maximum atomic E-state index is 14.7. The van der Waals surface area contributed by atoms with Crippen molar-refractivity contribution in [3.63, 3.8) is 0 Å². The Kier molecular flexibility index (Phi) is 16.7. The molecular weight excluding hydrogens is 1450 g/mol. The van der Waals surface area contributed by atoms with E-state index in [4.69, 9.17) is 39.4 Å². The highest BCUT2D eigenvalue weighted by Gasteiger charge is 2.35. The number of aromatic amines is 2. The molecule has 15 aromatic rings. The molecule has 19 rings (SSSR count). The lowest BCUT2D eigenvalue weighted by atomic mass is 9.88. The molecule has 20 bridgehead atoms. The fraction of sp³-hybridized carbons (Fsp3) is 0.0816. The van der Waals surface area contributed by atoms with Crippen molar-refractivity contribution in [1.82, 2.24) is 19.9 Å². The average Bonchev–Trinajstić information content (AvgIpc) is 0.842. The van der Waals surface area contributed by atoms with Gasteiger partial charge in [0, 0.05) is 88.8 Å². The molecule has 8 N–H and O–H groups in total. The van der Waals surface area contributed by atoms with Gasteiger partial charge in [-0.15, -0.1) is 0 Å². The molecule has 0 radical (unpaired) electrons. The van der Waals surface area contributed by atoms with E-state index in [1.54, 1.807) is 114 Å². The second-order valence-electron chi connectivity index (χ2n) is 31.0. The van der Waals surface area contributed by atoms with Gasteiger partial charge in [0.2, 0.25) is 23.6 Å². The number of carbonyl (C=O) groups excluding carboxylic acids is 2. The Labute approximate surface area is 663 Å². The maximum Gasteiger partial charge on any atom is 0.316 e. The summed E-state index contributed by atoms with van der Waals surface area (Å²) in [6.45, 7) is 10.3. The van der Waals surface area contributed by atoms with E-state index in [2.05, 4.69) is 9.97 Å². The molecule has 3 aromatic heterocycles.